The van der Waals surface area contributed by atoms with Crippen molar-refractivity contribution < 1.29 is 18.3 Å². The standard InChI is InChI=1S/C13H21N3O4S/c1-10(11-5-3-2-4-6-11)15-21(19,20)12-7-14-16(8-12)9-13(17)18/h7-8,10-11,15H,2-6,9H2,1H3,(H,17,18)/t10-/m0/s1. The molecule has 0 aromatic carbocycles. The van der Waals surface area contributed by atoms with Crippen molar-refractivity contribution in [1.82, 2.24) is 14.5 Å². The molecule has 0 unspecified atom stereocenters. The van der Waals surface area contributed by atoms with Gasteiger partial charge in [0.15, 0.2) is 0 Å². The molecular formula is C13H21N3O4S. The lowest BCUT2D eigenvalue weighted by Crippen LogP contribution is -2.38. The first-order valence-electron chi connectivity index (χ1n) is 7.15. The predicted molar refractivity (Wildman–Crippen MR) is 76.2 cm³/mol. The van der Waals surface area contributed by atoms with Crippen molar-refractivity contribution in [3.63, 3.8) is 0 Å². The maximum Gasteiger partial charge on any atom is 0.325 e. The van der Waals surface area contributed by atoms with Gasteiger partial charge in [-0.1, -0.05) is 19.3 Å². The largest absolute Gasteiger partial charge is 0.480 e. The average molecular weight is 315 g/mol. The molecule has 1 saturated carbocycles. The highest BCUT2D eigenvalue weighted by atomic mass is 32.2. The molecular weight excluding hydrogens is 294 g/mol. The minimum Gasteiger partial charge on any atom is -0.480 e. The highest BCUT2D eigenvalue weighted by Crippen LogP contribution is 2.27. The van der Waals surface area contributed by atoms with E-state index in [1.165, 1.54) is 18.8 Å². The summed E-state index contributed by atoms with van der Waals surface area (Å²) in [5.41, 5.74) is 0. The second-order valence-corrected chi connectivity index (χ2v) is 7.29. The van der Waals surface area contributed by atoms with Gasteiger partial charge in [0, 0.05) is 12.2 Å². The Morgan fingerprint density at radius 1 is 1.48 bits per heavy atom. The summed E-state index contributed by atoms with van der Waals surface area (Å²) in [6, 6.07) is -0.127. The number of nitrogens with one attached hydrogen (secondary N) is 1. The summed E-state index contributed by atoms with van der Waals surface area (Å²) in [6.07, 6.45) is 8.02. The lowest BCUT2D eigenvalue weighted by molar-refractivity contribution is -0.137. The van der Waals surface area contributed by atoms with Gasteiger partial charge in [-0.25, -0.2) is 13.1 Å². The van der Waals surface area contributed by atoms with Crippen molar-refractivity contribution in [2.75, 3.05) is 0 Å². The molecule has 1 atom stereocenters. The summed E-state index contributed by atoms with van der Waals surface area (Å²) in [5.74, 6) is -0.701. The second kappa shape index (κ2) is 6.57. The summed E-state index contributed by atoms with van der Waals surface area (Å²) in [6.45, 7) is 1.53. The topological polar surface area (TPSA) is 101 Å². The van der Waals surface area contributed by atoms with E-state index in [9.17, 15) is 13.2 Å². The zero-order chi connectivity index (χ0) is 15.5. The first-order valence-corrected chi connectivity index (χ1v) is 8.63. The number of carboxylic acid groups (broad SMARTS) is 1. The van der Waals surface area contributed by atoms with Crippen LogP contribution in [0, 0.1) is 5.92 Å². The first kappa shape index (κ1) is 16.0. The lowest BCUT2D eigenvalue weighted by Gasteiger charge is -2.27. The molecule has 118 valence electrons. The highest BCUT2D eigenvalue weighted by molar-refractivity contribution is 7.89. The van der Waals surface area contributed by atoms with Gasteiger partial charge < -0.3 is 5.11 Å². The molecule has 1 fully saturated rings. The molecule has 1 aliphatic carbocycles. The number of aliphatic carboxylic acids is 1. The molecule has 0 amide bonds. The average Bonchev–Trinajstić information content (AvgIpc) is 2.88. The van der Waals surface area contributed by atoms with E-state index in [2.05, 4.69) is 9.82 Å². The summed E-state index contributed by atoms with van der Waals surface area (Å²) in [4.78, 5) is 10.6. The first-order chi connectivity index (χ1) is 9.88. The van der Waals surface area contributed by atoms with E-state index in [4.69, 9.17) is 5.11 Å². The maximum absolute atomic E-state index is 12.3. The Hall–Kier alpha value is -1.41. The Labute approximate surface area is 124 Å². The molecule has 7 nitrogen and oxygen atoms in total. The monoisotopic (exact) mass is 315 g/mol. The van der Waals surface area contributed by atoms with Crippen LogP contribution in [0.25, 0.3) is 0 Å². The highest BCUT2D eigenvalue weighted by Gasteiger charge is 2.26. The zero-order valence-corrected chi connectivity index (χ0v) is 12.8. The third-order valence-electron chi connectivity index (χ3n) is 3.92. The lowest BCUT2D eigenvalue weighted by atomic mass is 9.85. The fourth-order valence-corrected chi connectivity index (χ4v) is 4.02. The van der Waals surface area contributed by atoms with E-state index in [-0.39, 0.29) is 17.5 Å². The van der Waals surface area contributed by atoms with Crippen molar-refractivity contribution in [3.05, 3.63) is 12.4 Å². The molecule has 1 aliphatic rings. The number of hydrogen-bond donors (Lipinski definition) is 2. The van der Waals surface area contributed by atoms with Crippen LogP contribution in [-0.4, -0.2) is 35.3 Å². The number of carbonyl (C=O) groups is 1. The third kappa shape index (κ3) is 4.28. The zero-order valence-electron chi connectivity index (χ0n) is 12.0. The predicted octanol–water partition coefficient (Wildman–Crippen LogP) is 1.21. The molecule has 0 spiro atoms. The molecule has 0 radical (unpaired) electrons. The number of carboxylic acids is 1. The number of nitrogens with zero attached hydrogens (tertiary/aromatic N) is 2. The smallest absolute Gasteiger partial charge is 0.325 e. The van der Waals surface area contributed by atoms with E-state index in [0.29, 0.717) is 5.92 Å². The van der Waals surface area contributed by atoms with Crippen LogP contribution in [0.3, 0.4) is 0 Å². The van der Waals surface area contributed by atoms with Crippen molar-refractivity contribution >= 4 is 16.0 Å². The van der Waals surface area contributed by atoms with E-state index < -0.39 is 16.0 Å². The van der Waals surface area contributed by atoms with Crippen molar-refractivity contribution in [3.8, 4) is 0 Å². The van der Waals surface area contributed by atoms with E-state index >= 15 is 0 Å². The molecule has 0 saturated heterocycles. The summed E-state index contributed by atoms with van der Waals surface area (Å²) < 4.78 is 28.3. The van der Waals surface area contributed by atoms with Gasteiger partial charge in [-0.05, 0) is 25.7 Å². The third-order valence-corrected chi connectivity index (χ3v) is 5.43. The van der Waals surface area contributed by atoms with E-state index in [0.717, 1.165) is 30.4 Å². The van der Waals surface area contributed by atoms with Crippen LogP contribution in [0.1, 0.15) is 39.0 Å². The van der Waals surface area contributed by atoms with E-state index in [1.54, 1.807) is 0 Å². The van der Waals surface area contributed by atoms with Gasteiger partial charge in [-0.15, -0.1) is 0 Å². The molecule has 0 aliphatic heterocycles. The SMILES string of the molecule is C[C@H](NS(=O)(=O)c1cnn(CC(=O)O)c1)C1CCCCC1. The molecule has 8 heteroatoms. The van der Waals surface area contributed by atoms with Gasteiger partial charge in [0.25, 0.3) is 0 Å². The summed E-state index contributed by atoms with van der Waals surface area (Å²) >= 11 is 0. The Morgan fingerprint density at radius 3 is 2.76 bits per heavy atom. The molecule has 1 aromatic heterocycles. The number of hydrogen-bond acceptors (Lipinski definition) is 4. The van der Waals surface area contributed by atoms with Crippen LogP contribution >= 0.6 is 0 Å². The fourth-order valence-electron chi connectivity index (χ4n) is 2.75. The van der Waals surface area contributed by atoms with Gasteiger partial charge in [-0.3, -0.25) is 9.48 Å². The Balaban J connectivity index is 2.03. The molecule has 2 N–H and O–H groups in total. The van der Waals surface area contributed by atoms with Crippen molar-refractivity contribution in [1.29, 1.82) is 0 Å². The van der Waals surface area contributed by atoms with Crippen LogP contribution in [0.5, 0.6) is 0 Å². The van der Waals surface area contributed by atoms with Gasteiger partial charge in [0.2, 0.25) is 10.0 Å². The molecule has 21 heavy (non-hydrogen) atoms. The number of sulfonamides is 1. The fraction of sp³-hybridized carbons (Fsp3) is 0.692. The van der Waals surface area contributed by atoms with Crippen molar-refractivity contribution in [2.24, 2.45) is 5.92 Å². The minimum atomic E-state index is -3.65. The Kier molecular flexibility index (Phi) is 5.00. The van der Waals surface area contributed by atoms with Gasteiger partial charge >= 0.3 is 5.97 Å². The van der Waals surface area contributed by atoms with Gasteiger partial charge in [-0.2, -0.15) is 5.10 Å². The molecule has 0 bridgehead atoms. The van der Waals surface area contributed by atoms with Crippen LogP contribution in [-0.2, 0) is 21.4 Å². The number of aromatic nitrogens is 2. The Bertz CT molecular complexity index is 590. The van der Waals surface area contributed by atoms with Gasteiger partial charge in [0.1, 0.15) is 11.4 Å². The summed E-state index contributed by atoms with van der Waals surface area (Å²) in [5, 5.41) is 12.4. The molecule has 1 aromatic rings. The van der Waals surface area contributed by atoms with Crippen LogP contribution in [0.4, 0.5) is 0 Å². The van der Waals surface area contributed by atoms with Gasteiger partial charge in [0.05, 0.1) is 6.20 Å². The quantitative estimate of drug-likeness (QED) is 0.822. The minimum absolute atomic E-state index is 0.00593. The summed E-state index contributed by atoms with van der Waals surface area (Å²) in [7, 11) is -3.65. The van der Waals surface area contributed by atoms with Crippen LogP contribution < -0.4 is 4.72 Å². The van der Waals surface area contributed by atoms with E-state index in [1.807, 2.05) is 6.92 Å². The number of rotatable bonds is 6. The van der Waals surface area contributed by atoms with Crippen LogP contribution in [0.15, 0.2) is 17.3 Å². The maximum atomic E-state index is 12.3. The Morgan fingerprint density at radius 2 is 2.14 bits per heavy atom. The molecule has 1 heterocycles. The molecule has 2 rings (SSSR count). The second-order valence-electron chi connectivity index (χ2n) is 5.58. The van der Waals surface area contributed by atoms with Crippen LogP contribution in [0.2, 0.25) is 0 Å². The van der Waals surface area contributed by atoms with Crippen molar-refractivity contribution in [2.45, 2.75) is 56.5 Å². The normalized spacial score (nSPS) is 18.5.